The Balaban J connectivity index is 1.29. The van der Waals surface area contributed by atoms with Crippen molar-refractivity contribution in [3.8, 4) is 11.3 Å². The summed E-state index contributed by atoms with van der Waals surface area (Å²) < 4.78 is 1.85. The summed E-state index contributed by atoms with van der Waals surface area (Å²) in [4.78, 5) is 20.7. The van der Waals surface area contributed by atoms with Gasteiger partial charge in [-0.15, -0.1) is 11.8 Å². The van der Waals surface area contributed by atoms with Gasteiger partial charge in [-0.05, 0) is 31.0 Å². The molecule has 5 rings (SSSR count). The Kier molecular flexibility index (Phi) is 7.60. The van der Waals surface area contributed by atoms with E-state index in [-0.39, 0.29) is 11.9 Å². The van der Waals surface area contributed by atoms with E-state index in [4.69, 9.17) is 16.6 Å². The van der Waals surface area contributed by atoms with Crippen molar-refractivity contribution in [1.29, 1.82) is 0 Å². The molecule has 2 aromatic heterocycles. The topological polar surface area (TPSA) is 62.5 Å². The standard InChI is InChI=1S/C26H25BrClN5OS/c27-15-18-16-29-33-24(14-23(31-26(18)33)21-8-4-5-9-22(21)28)30-19-10-12-32(13-11-19)25(34)17-35-20-6-2-1-3-7-20/h1-9,14,16,19,30H,10-13,15,17H2. The van der Waals surface area contributed by atoms with Gasteiger partial charge in [-0.2, -0.15) is 9.61 Å². The van der Waals surface area contributed by atoms with E-state index in [0.29, 0.717) is 16.1 Å². The molecule has 3 heterocycles. The van der Waals surface area contributed by atoms with Crippen LogP contribution in [-0.4, -0.2) is 50.3 Å². The lowest BCUT2D eigenvalue weighted by molar-refractivity contribution is -0.129. The molecule has 6 nitrogen and oxygen atoms in total. The first kappa shape index (κ1) is 24.2. The Morgan fingerprint density at radius 3 is 2.60 bits per heavy atom. The van der Waals surface area contributed by atoms with Crippen LogP contribution < -0.4 is 5.32 Å². The van der Waals surface area contributed by atoms with E-state index in [1.54, 1.807) is 11.8 Å². The van der Waals surface area contributed by atoms with E-state index < -0.39 is 0 Å². The number of halogens is 2. The maximum absolute atomic E-state index is 12.7. The van der Waals surface area contributed by atoms with Gasteiger partial charge in [0.1, 0.15) is 5.82 Å². The molecule has 4 aromatic rings. The zero-order valence-electron chi connectivity index (χ0n) is 19.0. The molecule has 2 aromatic carbocycles. The van der Waals surface area contributed by atoms with E-state index in [0.717, 1.165) is 59.1 Å². The van der Waals surface area contributed by atoms with Gasteiger partial charge in [-0.3, -0.25) is 4.79 Å². The van der Waals surface area contributed by atoms with Crippen molar-refractivity contribution in [2.45, 2.75) is 29.1 Å². The van der Waals surface area contributed by atoms with Gasteiger partial charge in [0.15, 0.2) is 5.65 Å². The molecule has 9 heteroatoms. The first-order valence-corrected chi connectivity index (χ1v) is 14.0. The number of hydrogen-bond acceptors (Lipinski definition) is 5. The van der Waals surface area contributed by atoms with Crippen molar-refractivity contribution in [3.05, 3.63) is 77.4 Å². The molecule has 180 valence electrons. The number of benzene rings is 2. The van der Waals surface area contributed by atoms with Crippen LogP contribution in [0.2, 0.25) is 5.02 Å². The molecule has 0 saturated carbocycles. The predicted octanol–water partition coefficient (Wildman–Crippen LogP) is 6.14. The predicted molar refractivity (Wildman–Crippen MR) is 146 cm³/mol. The lowest BCUT2D eigenvalue weighted by atomic mass is 10.0. The summed E-state index contributed by atoms with van der Waals surface area (Å²) in [6.07, 6.45) is 3.59. The van der Waals surface area contributed by atoms with E-state index in [1.807, 2.05) is 76.3 Å². The van der Waals surface area contributed by atoms with E-state index in [1.165, 1.54) is 0 Å². The van der Waals surface area contributed by atoms with E-state index in [2.05, 4.69) is 26.3 Å². The normalized spacial score (nSPS) is 14.4. The third-order valence-electron chi connectivity index (χ3n) is 6.14. The minimum atomic E-state index is 0.193. The zero-order chi connectivity index (χ0) is 24.2. The molecule has 0 aliphatic carbocycles. The third-order valence-corrected chi connectivity index (χ3v) is 8.07. The number of rotatable bonds is 7. The molecule has 0 spiro atoms. The minimum Gasteiger partial charge on any atom is -0.367 e. The number of alkyl halides is 1. The Morgan fingerprint density at radius 2 is 1.86 bits per heavy atom. The van der Waals surface area contributed by atoms with Gasteiger partial charge >= 0.3 is 0 Å². The molecule has 1 saturated heterocycles. The second-order valence-electron chi connectivity index (χ2n) is 8.45. The Bertz CT molecular complexity index is 1320. The average Bonchev–Trinajstić information content (AvgIpc) is 3.32. The fraction of sp³-hybridized carbons (Fsp3) is 0.269. The number of carbonyl (C=O) groups excluding carboxylic acids is 1. The maximum Gasteiger partial charge on any atom is 0.232 e. The second-order valence-corrected chi connectivity index (χ2v) is 10.5. The molecule has 0 unspecified atom stereocenters. The summed E-state index contributed by atoms with van der Waals surface area (Å²) in [6, 6.07) is 20.0. The lowest BCUT2D eigenvalue weighted by Gasteiger charge is -2.33. The summed E-state index contributed by atoms with van der Waals surface area (Å²) in [7, 11) is 0. The largest absolute Gasteiger partial charge is 0.367 e. The van der Waals surface area contributed by atoms with Crippen molar-refractivity contribution in [2.24, 2.45) is 0 Å². The highest BCUT2D eigenvalue weighted by molar-refractivity contribution is 9.08. The van der Waals surface area contributed by atoms with Crippen molar-refractivity contribution in [1.82, 2.24) is 19.5 Å². The highest BCUT2D eigenvalue weighted by Crippen LogP contribution is 2.30. The van der Waals surface area contributed by atoms with Crippen LogP contribution in [-0.2, 0) is 10.1 Å². The third kappa shape index (κ3) is 5.50. The van der Waals surface area contributed by atoms with Crippen molar-refractivity contribution in [3.63, 3.8) is 0 Å². The Morgan fingerprint density at radius 1 is 1.11 bits per heavy atom. The summed E-state index contributed by atoms with van der Waals surface area (Å²) in [6.45, 7) is 1.48. The molecule has 1 aliphatic rings. The fourth-order valence-electron chi connectivity index (χ4n) is 4.25. The van der Waals surface area contributed by atoms with Crippen molar-refractivity contribution >= 4 is 56.7 Å². The number of amides is 1. The quantitative estimate of drug-likeness (QED) is 0.214. The SMILES string of the molecule is O=C(CSc1ccccc1)N1CCC(Nc2cc(-c3ccccc3Cl)nc3c(CBr)cnn23)CC1. The monoisotopic (exact) mass is 569 g/mol. The number of aromatic nitrogens is 3. The molecule has 1 amide bonds. The highest BCUT2D eigenvalue weighted by Gasteiger charge is 2.24. The molecule has 0 atom stereocenters. The summed E-state index contributed by atoms with van der Waals surface area (Å²) in [5.74, 6) is 1.54. The minimum absolute atomic E-state index is 0.193. The summed E-state index contributed by atoms with van der Waals surface area (Å²) in [5.41, 5.74) is 3.50. The van der Waals surface area contributed by atoms with Gasteiger partial charge in [0.2, 0.25) is 5.91 Å². The van der Waals surface area contributed by atoms with Crippen LogP contribution in [0.15, 0.2) is 71.8 Å². The number of thioether (sulfide) groups is 1. The number of nitrogens with zero attached hydrogens (tertiary/aromatic N) is 4. The van der Waals surface area contributed by atoms with Crippen molar-refractivity contribution in [2.75, 3.05) is 24.2 Å². The first-order chi connectivity index (χ1) is 17.1. The first-order valence-electron chi connectivity index (χ1n) is 11.5. The molecular formula is C26H25BrClN5OS. The van der Waals surface area contributed by atoms with Crippen LogP contribution in [0.1, 0.15) is 18.4 Å². The number of carbonyl (C=O) groups is 1. The van der Waals surface area contributed by atoms with Crippen LogP contribution in [0.4, 0.5) is 5.82 Å². The molecule has 1 aliphatic heterocycles. The average molecular weight is 571 g/mol. The van der Waals surface area contributed by atoms with Gasteiger partial charge in [0.25, 0.3) is 0 Å². The van der Waals surface area contributed by atoms with Crippen LogP contribution >= 0.6 is 39.3 Å². The van der Waals surface area contributed by atoms with Crippen LogP contribution in [0, 0.1) is 0 Å². The molecule has 0 radical (unpaired) electrons. The Hall–Kier alpha value is -2.55. The molecular weight excluding hydrogens is 546 g/mol. The number of nitrogens with one attached hydrogen (secondary N) is 1. The maximum atomic E-state index is 12.7. The number of piperidine rings is 1. The number of anilines is 1. The zero-order valence-corrected chi connectivity index (χ0v) is 22.2. The van der Waals surface area contributed by atoms with Gasteiger partial charge < -0.3 is 10.2 Å². The highest BCUT2D eigenvalue weighted by atomic mass is 79.9. The molecule has 0 bridgehead atoms. The number of fused-ring (bicyclic) bond motifs is 1. The van der Waals surface area contributed by atoms with Crippen LogP contribution in [0.25, 0.3) is 16.9 Å². The summed E-state index contributed by atoms with van der Waals surface area (Å²) in [5, 5.41) is 9.56. The number of likely N-dealkylation sites (tertiary alicyclic amines) is 1. The lowest BCUT2D eigenvalue weighted by Crippen LogP contribution is -2.43. The summed E-state index contributed by atoms with van der Waals surface area (Å²) >= 11 is 11.6. The van der Waals surface area contributed by atoms with E-state index >= 15 is 0 Å². The van der Waals surface area contributed by atoms with Crippen LogP contribution in [0.5, 0.6) is 0 Å². The Labute approximate surface area is 222 Å². The number of hydrogen-bond donors (Lipinski definition) is 1. The van der Waals surface area contributed by atoms with E-state index in [9.17, 15) is 4.79 Å². The van der Waals surface area contributed by atoms with Gasteiger partial charge in [0.05, 0.1) is 17.6 Å². The molecule has 35 heavy (non-hydrogen) atoms. The van der Waals surface area contributed by atoms with Gasteiger partial charge in [-0.25, -0.2) is 4.98 Å². The molecule has 1 fully saturated rings. The van der Waals surface area contributed by atoms with Gasteiger partial charge in [-0.1, -0.05) is 63.9 Å². The fourth-order valence-corrected chi connectivity index (χ4v) is 5.70. The smallest absolute Gasteiger partial charge is 0.232 e. The van der Waals surface area contributed by atoms with Gasteiger partial charge in [0, 0.05) is 51.6 Å². The van der Waals surface area contributed by atoms with Crippen molar-refractivity contribution < 1.29 is 4.79 Å². The van der Waals surface area contributed by atoms with Crippen LogP contribution in [0.3, 0.4) is 0 Å². The molecule has 1 N–H and O–H groups in total. The second kappa shape index (κ2) is 11.0.